The number of carbonyl (C=O) groups is 2. The summed E-state index contributed by atoms with van der Waals surface area (Å²) in [5, 5.41) is 6.97. The molecule has 1 N–H and O–H groups in total. The third-order valence-corrected chi connectivity index (χ3v) is 5.20. The summed E-state index contributed by atoms with van der Waals surface area (Å²) >= 11 is 11.8. The molecule has 3 rings (SSSR count). The van der Waals surface area contributed by atoms with Crippen LogP contribution in [0.15, 0.2) is 24.5 Å². The molecule has 12 heteroatoms. The van der Waals surface area contributed by atoms with E-state index >= 15 is 0 Å². The van der Waals surface area contributed by atoms with Gasteiger partial charge in [0.05, 0.1) is 17.0 Å². The van der Waals surface area contributed by atoms with Crippen molar-refractivity contribution < 1.29 is 14.0 Å². The fourth-order valence-electron chi connectivity index (χ4n) is 3.01. The molecule has 0 saturated carbocycles. The lowest BCUT2D eigenvalue weighted by Gasteiger charge is -2.26. The number of hydrogen-bond acceptors (Lipinski definition) is 5. The van der Waals surface area contributed by atoms with Crippen LogP contribution in [0.3, 0.4) is 0 Å². The summed E-state index contributed by atoms with van der Waals surface area (Å²) in [5.74, 6) is -1.51. The minimum atomic E-state index is -0.604. The number of rotatable bonds is 7. The standard InChI is InChI=1S/C20H18Cl2FN7O2/c1-11(2)29(8-14(31)25-7-12-5-4-6-13(21)17(12)23)15(32)9-30-20-16(19(24-3)28-30)18(22)26-10-27-20/h4-6,10-11H,7-9H2,1-2H3,(H,25,31). The van der Waals surface area contributed by atoms with Crippen molar-refractivity contribution in [2.24, 2.45) is 0 Å². The Bertz CT molecular complexity index is 1220. The van der Waals surface area contributed by atoms with Crippen LogP contribution in [0.5, 0.6) is 0 Å². The average Bonchev–Trinajstić information content (AvgIpc) is 3.11. The Morgan fingerprint density at radius 1 is 1.31 bits per heavy atom. The van der Waals surface area contributed by atoms with Crippen LogP contribution in [-0.4, -0.2) is 49.0 Å². The number of nitrogens with zero attached hydrogens (tertiary/aromatic N) is 6. The van der Waals surface area contributed by atoms with Crippen LogP contribution in [0.4, 0.5) is 10.2 Å². The second kappa shape index (κ2) is 9.89. The molecule has 32 heavy (non-hydrogen) atoms. The van der Waals surface area contributed by atoms with E-state index in [9.17, 15) is 14.0 Å². The Labute approximate surface area is 193 Å². The fraction of sp³-hybridized carbons (Fsp3) is 0.300. The Morgan fingerprint density at radius 3 is 2.75 bits per heavy atom. The Hall–Kier alpha value is -3.29. The predicted molar refractivity (Wildman–Crippen MR) is 117 cm³/mol. The number of amides is 2. The van der Waals surface area contributed by atoms with Gasteiger partial charge in [0.25, 0.3) is 0 Å². The van der Waals surface area contributed by atoms with Gasteiger partial charge in [0.15, 0.2) is 5.65 Å². The topological polar surface area (TPSA) is 97.4 Å². The highest BCUT2D eigenvalue weighted by molar-refractivity contribution is 6.35. The van der Waals surface area contributed by atoms with E-state index < -0.39 is 17.6 Å². The summed E-state index contributed by atoms with van der Waals surface area (Å²) < 4.78 is 15.3. The molecule has 2 amide bonds. The number of benzene rings is 1. The first kappa shape index (κ1) is 23.4. The van der Waals surface area contributed by atoms with Crippen molar-refractivity contribution in [2.45, 2.75) is 33.0 Å². The highest BCUT2D eigenvalue weighted by Gasteiger charge is 2.25. The molecule has 9 nitrogen and oxygen atoms in total. The number of aromatic nitrogens is 4. The summed E-state index contributed by atoms with van der Waals surface area (Å²) in [7, 11) is 0. The van der Waals surface area contributed by atoms with Crippen molar-refractivity contribution in [3.05, 3.63) is 57.5 Å². The van der Waals surface area contributed by atoms with Gasteiger partial charge in [-0.05, 0) is 25.0 Å². The summed E-state index contributed by atoms with van der Waals surface area (Å²) in [5.41, 5.74) is 0.480. The van der Waals surface area contributed by atoms with Crippen molar-refractivity contribution >= 4 is 51.9 Å². The van der Waals surface area contributed by atoms with Crippen LogP contribution in [0.25, 0.3) is 15.9 Å². The van der Waals surface area contributed by atoms with Gasteiger partial charge < -0.3 is 15.1 Å². The van der Waals surface area contributed by atoms with Gasteiger partial charge >= 0.3 is 5.82 Å². The number of nitrogens with one attached hydrogen (secondary N) is 1. The van der Waals surface area contributed by atoms with E-state index in [1.807, 2.05) is 0 Å². The Balaban J connectivity index is 1.72. The second-order valence-corrected chi connectivity index (χ2v) is 7.83. The molecule has 0 aliphatic carbocycles. The number of carbonyl (C=O) groups excluding carboxylic acids is 2. The molecule has 0 radical (unpaired) electrons. The van der Waals surface area contributed by atoms with Crippen molar-refractivity contribution in [1.29, 1.82) is 0 Å². The first-order valence-electron chi connectivity index (χ1n) is 9.46. The van der Waals surface area contributed by atoms with Crippen LogP contribution >= 0.6 is 23.2 Å². The lowest BCUT2D eigenvalue weighted by atomic mass is 10.2. The maximum absolute atomic E-state index is 14.0. The third-order valence-electron chi connectivity index (χ3n) is 4.62. The summed E-state index contributed by atoms with van der Waals surface area (Å²) in [6, 6.07) is 4.20. The molecule has 2 aromatic heterocycles. The second-order valence-electron chi connectivity index (χ2n) is 7.06. The van der Waals surface area contributed by atoms with Crippen molar-refractivity contribution in [2.75, 3.05) is 6.54 Å². The van der Waals surface area contributed by atoms with E-state index in [1.165, 1.54) is 28.0 Å². The van der Waals surface area contributed by atoms with Gasteiger partial charge in [-0.3, -0.25) is 9.59 Å². The predicted octanol–water partition coefficient (Wildman–Crippen LogP) is 3.38. The van der Waals surface area contributed by atoms with Crippen LogP contribution in [0.1, 0.15) is 19.4 Å². The first-order valence-corrected chi connectivity index (χ1v) is 10.2. The number of halogens is 3. The SMILES string of the molecule is [C-]#[N+]c1nn(CC(=O)N(CC(=O)NCc2cccc(Cl)c2F)C(C)C)c2ncnc(Cl)c12. The molecule has 2 heterocycles. The molecule has 0 atom stereocenters. The average molecular weight is 478 g/mol. The van der Waals surface area contributed by atoms with Gasteiger partial charge in [0, 0.05) is 18.2 Å². The minimum absolute atomic E-state index is 0.0178. The Kier molecular flexibility index (Phi) is 7.22. The molecule has 0 spiro atoms. The molecule has 166 valence electrons. The van der Waals surface area contributed by atoms with Crippen molar-refractivity contribution in [1.82, 2.24) is 30.0 Å². The molecule has 0 aliphatic heterocycles. The first-order chi connectivity index (χ1) is 15.2. The Morgan fingerprint density at radius 2 is 2.06 bits per heavy atom. The lowest BCUT2D eigenvalue weighted by molar-refractivity contribution is -0.138. The third kappa shape index (κ3) is 4.95. The van der Waals surface area contributed by atoms with Crippen LogP contribution in [0.2, 0.25) is 10.2 Å². The van der Waals surface area contributed by atoms with Crippen molar-refractivity contribution in [3.63, 3.8) is 0 Å². The molecule has 0 saturated heterocycles. The molecule has 0 aliphatic rings. The van der Waals surface area contributed by atoms with Gasteiger partial charge in [-0.15, -0.1) is 0 Å². The largest absolute Gasteiger partial charge is 0.358 e. The highest BCUT2D eigenvalue weighted by atomic mass is 35.5. The van der Waals surface area contributed by atoms with Gasteiger partial charge in [-0.1, -0.05) is 41.9 Å². The monoisotopic (exact) mass is 477 g/mol. The smallest absolute Gasteiger partial charge is 0.308 e. The molecular weight excluding hydrogens is 460 g/mol. The molecule has 0 bridgehead atoms. The van der Waals surface area contributed by atoms with Gasteiger partial charge in [-0.2, -0.15) is 4.68 Å². The summed E-state index contributed by atoms with van der Waals surface area (Å²) in [6.07, 6.45) is 1.21. The number of hydrogen-bond donors (Lipinski definition) is 1. The van der Waals surface area contributed by atoms with E-state index in [4.69, 9.17) is 29.8 Å². The van der Waals surface area contributed by atoms with Gasteiger partial charge in [0.2, 0.25) is 11.8 Å². The van der Waals surface area contributed by atoms with E-state index in [0.717, 1.165) is 0 Å². The summed E-state index contributed by atoms with van der Waals surface area (Å²) in [6.45, 7) is 10.2. The zero-order valence-corrected chi connectivity index (χ0v) is 18.7. The summed E-state index contributed by atoms with van der Waals surface area (Å²) in [4.78, 5) is 37.9. The fourth-order valence-corrected chi connectivity index (χ4v) is 3.42. The van der Waals surface area contributed by atoms with E-state index in [1.54, 1.807) is 19.9 Å². The quantitative estimate of drug-likeness (QED) is 0.415. The molecule has 3 aromatic rings. The molecular formula is C20H18Cl2FN7O2. The number of fused-ring (bicyclic) bond motifs is 1. The zero-order valence-electron chi connectivity index (χ0n) is 17.1. The zero-order chi connectivity index (χ0) is 23.4. The molecule has 0 fully saturated rings. The van der Waals surface area contributed by atoms with E-state index in [2.05, 4.69) is 25.2 Å². The van der Waals surface area contributed by atoms with Crippen LogP contribution in [0, 0.1) is 12.4 Å². The highest BCUT2D eigenvalue weighted by Crippen LogP contribution is 2.29. The van der Waals surface area contributed by atoms with Crippen molar-refractivity contribution in [3.8, 4) is 0 Å². The molecule has 0 unspecified atom stereocenters. The normalized spacial score (nSPS) is 10.9. The molecule has 1 aromatic carbocycles. The lowest BCUT2D eigenvalue weighted by Crippen LogP contribution is -2.45. The van der Waals surface area contributed by atoms with E-state index in [-0.39, 0.29) is 58.3 Å². The van der Waals surface area contributed by atoms with Gasteiger partial charge in [-0.25, -0.2) is 14.4 Å². The minimum Gasteiger partial charge on any atom is -0.358 e. The maximum atomic E-state index is 14.0. The van der Waals surface area contributed by atoms with E-state index in [0.29, 0.717) is 0 Å². The van der Waals surface area contributed by atoms with Gasteiger partial charge in [0.1, 0.15) is 23.8 Å². The maximum Gasteiger partial charge on any atom is 0.308 e. The van der Waals surface area contributed by atoms with Crippen LogP contribution < -0.4 is 5.32 Å². The van der Waals surface area contributed by atoms with Crippen LogP contribution in [-0.2, 0) is 22.7 Å².